The molecular formula is C24H17FN2O5. The highest BCUT2D eigenvalue weighted by atomic mass is 19.1. The van der Waals surface area contributed by atoms with Gasteiger partial charge in [0.15, 0.2) is 0 Å². The monoisotopic (exact) mass is 432 g/mol. The molecule has 1 unspecified atom stereocenters. The van der Waals surface area contributed by atoms with Gasteiger partial charge in [0.2, 0.25) is 0 Å². The maximum absolute atomic E-state index is 13.6. The molecule has 3 aromatic rings. The number of nitrogens with zero attached hydrogens (tertiary/aromatic N) is 2. The number of para-hydroxylation sites is 1. The second kappa shape index (κ2) is 8.07. The number of hydrogen-bond donors (Lipinski definition) is 1. The van der Waals surface area contributed by atoms with Gasteiger partial charge in [0.1, 0.15) is 11.6 Å². The standard InChI is InChI=1S/C24H17FN2O5/c1-14-5-2-3-8-19(14)26-21(15-9-11-17(25)12-10-15)20(23(29)24(26)30)22(28)16-6-4-7-18(13-16)27(31)32/h2-13,21,28H,1H3/b22-20-. The van der Waals surface area contributed by atoms with Gasteiger partial charge in [-0.05, 0) is 36.2 Å². The van der Waals surface area contributed by atoms with Crippen LogP contribution in [0.3, 0.4) is 0 Å². The fourth-order valence-corrected chi connectivity index (χ4v) is 3.80. The second-order valence-corrected chi connectivity index (χ2v) is 7.31. The zero-order valence-corrected chi connectivity index (χ0v) is 16.9. The Labute approximate surface area is 182 Å². The van der Waals surface area contributed by atoms with Gasteiger partial charge in [-0.1, -0.05) is 42.5 Å². The number of amides is 1. The van der Waals surface area contributed by atoms with E-state index in [4.69, 9.17) is 0 Å². The van der Waals surface area contributed by atoms with Crippen LogP contribution in [0.15, 0.2) is 78.4 Å². The largest absolute Gasteiger partial charge is 0.507 e. The smallest absolute Gasteiger partial charge is 0.300 e. The minimum atomic E-state index is -1.05. The molecule has 1 aliphatic heterocycles. The van der Waals surface area contributed by atoms with Gasteiger partial charge >= 0.3 is 0 Å². The Morgan fingerprint density at radius 2 is 1.72 bits per heavy atom. The Morgan fingerprint density at radius 1 is 1.03 bits per heavy atom. The van der Waals surface area contributed by atoms with Crippen molar-refractivity contribution in [2.75, 3.05) is 4.90 Å². The lowest BCUT2D eigenvalue weighted by molar-refractivity contribution is -0.384. The summed E-state index contributed by atoms with van der Waals surface area (Å²) in [6.45, 7) is 1.77. The van der Waals surface area contributed by atoms with Crippen molar-refractivity contribution in [1.29, 1.82) is 0 Å². The van der Waals surface area contributed by atoms with Crippen LogP contribution in [0.5, 0.6) is 0 Å². The molecule has 160 valence electrons. The SMILES string of the molecule is Cc1ccccc1N1C(=O)C(=O)/C(=C(\O)c2cccc([N+](=O)[O-])c2)C1c1ccc(F)cc1. The molecule has 32 heavy (non-hydrogen) atoms. The summed E-state index contributed by atoms with van der Waals surface area (Å²) in [4.78, 5) is 37.9. The normalized spacial score (nSPS) is 17.6. The van der Waals surface area contributed by atoms with Gasteiger partial charge in [-0.2, -0.15) is 0 Å². The summed E-state index contributed by atoms with van der Waals surface area (Å²) < 4.78 is 13.6. The first kappa shape index (κ1) is 20.9. The number of nitro benzene ring substituents is 1. The Hall–Kier alpha value is -4.33. The van der Waals surface area contributed by atoms with E-state index in [0.717, 1.165) is 11.6 Å². The highest BCUT2D eigenvalue weighted by Crippen LogP contribution is 2.43. The van der Waals surface area contributed by atoms with E-state index in [-0.39, 0.29) is 16.8 Å². The number of rotatable bonds is 4. The van der Waals surface area contributed by atoms with Crippen LogP contribution < -0.4 is 4.90 Å². The van der Waals surface area contributed by atoms with Crippen molar-refractivity contribution < 1.29 is 24.0 Å². The van der Waals surface area contributed by atoms with Gasteiger partial charge in [0, 0.05) is 23.4 Å². The van der Waals surface area contributed by atoms with Crippen LogP contribution in [-0.2, 0) is 9.59 Å². The molecule has 1 heterocycles. The Bertz CT molecular complexity index is 1280. The minimum absolute atomic E-state index is 0.0223. The third kappa shape index (κ3) is 3.51. The van der Waals surface area contributed by atoms with Gasteiger partial charge in [-0.25, -0.2) is 4.39 Å². The summed E-state index contributed by atoms with van der Waals surface area (Å²) in [5.74, 6) is -2.84. The third-order valence-corrected chi connectivity index (χ3v) is 5.34. The predicted octanol–water partition coefficient (Wildman–Crippen LogP) is 4.67. The summed E-state index contributed by atoms with van der Waals surface area (Å²) in [5, 5.41) is 22.2. The van der Waals surface area contributed by atoms with Crippen LogP contribution in [0.1, 0.15) is 22.7 Å². The van der Waals surface area contributed by atoms with Gasteiger partial charge in [0.25, 0.3) is 17.4 Å². The van der Waals surface area contributed by atoms with Crippen LogP contribution in [0.4, 0.5) is 15.8 Å². The lowest BCUT2D eigenvalue weighted by Crippen LogP contribution is -2.30. The quantitative estimate of drug-likeness (QED) is 0.212. The molecule has 0 radical (unpaired) electrons. The summed E-state index contributed by atoms with van der Waals surface area (Å²) in [7, 11) is 0. The number of halogens is 1. The highest BCUT2D eigenvalue weighted by Gasteiger charge is 2.47. The number of anilines is 1. The van der Waals surface area contributed by atoms with E-state index in [0.29, 0.717) is 11.3 Å². The van der Waals surface area contributed by atoms with Crippen molar-refractivity contribution in [1.82, 2.24) is 0 Å². The Morgan fingerprint density at radius 3 is 2.38 bits per heavy atom. The first-order valence-electron chi connectivity index (χ1n) is 9.66. The molecule has 0 aliphatic carbocycles. The van der Waals surface area contributed by atoms with Crippen molar-refractivity contribution in [3.8, 4) is 0 Å². The molecule has 1 fully saturated rings. The van der Waals surface area contributed by atoms with E-state index >= 15 is 0 Å². The van der Waals surface area contributed by atoms with E-state index in [9.17, 15) is 29.2 Å². The van der Waals surface area contributed by atoms with E-state index in [1.165, 1.54) is 47.4 Å². The lowest BCUT2D eigenvalue weighted by atomic mass is 9.94. The highest BCUT2D eigenvalue weighted by molar-refractivity contribution is 6.51. The molecule has 0 bridgehead atoms. The summed E-state index contributed by atoms with van der Waals surface area (Å²) >= 11 is 0. The fourth-order valence-electron chi connectivity index (χ4n) is 3.80. The number of Topliss-reactive ketones (excluding diaryl/α,β-unsaturated/α-hetero) is 1. The van der Waals surface area contributed by atoms with Crippen molar-refractivity contribution in [3.63, 3.8) is 0 Å². The number of non-ortho nitro benzene ring substituents is 1. The van der Waals surface area contributed by atoms with Crippen LogP contribution in [0, 0.1) is 22.9 Å². The summed E-state index contributed by atoms with van der Waals surface area (Å²) in [5.41, 5.74) is 1.10. The Balaban J connectivity index is 1.97. The summed E-state index contributed by atoms with van der Waals surface area (Å²) in [6.07, 6.45) is 0. The number of aliphatic hydroxyl groups is 1. The molecule has 0 aromatic heterocycles. The molecule has 8 heteroatoms. The number of carbonyl (C=O) groups is 2. The molecule has 4 rings (SSSR count). The first-order valence-corrected chi connectivity index (χ1v) is 9.66. The third-order valence-electron chi connectivity index (χ3n) is 5.34. The van der Waals surface area contributed by atoms with Crippen molar-refractivity contribution in [2.45, 2.75) is 13.0 Å². The van der Waals surface area contributed by atoms with Gasteiger partial charge < -0.3 is 5.11 Å². The molecule has 7 nitrogen and oxygen atoms in total. The summed E-state index contributed by atoms with van der Waals surface area (Å²) in [6, 6.07) is 16.3. The maximum atomic E-state index is 13.6. The molecule has 1 atom stereocenters. The first-order chi connectivity index (χ1) is 15.3. The average molecular weight is 432 g/mol. The lowest BCUT2D eigenvalue weighted by Gasteiger charge is -2.26. The van der Waals surface area contributed by atoms with Crippen molar-refractivity contribution >= 4 is 28.8 Å². The second-order valence-electron chi connectivity index (χ2n) is 7.31. The van der Waals surface area contributed by atoms with Crippen molar-refractivity contribution in [2.24, 2.45) is 0 Å². The fraction of sp³-hybridized carbons (Fsp3) is 0.0833. The van der Waals surface area contributed by atoms with Crippen LogP contribution in [-0.4, -0.2) is 21.7 Å². The maximum Gasteiger partial charge on any atom is 0.300 e. The molecule has 0 spiro atoms. The topological polar surface area (TPSA) is 101 Å². The molecular weight excluding hydrogens is 415 g/mol. The Kier molecular flexibility index (Phi) is 5.28. The molecule has 1 saturated heterocycles. The molecule has 1 aliphatic rings. The number of aryl methyl sites for hydroxylation is 1. The van der Waals surface area contributed by atoms with Gasteiger partial charge in [-0.3, -0.25) is 24.6 Å². The zero-order valence-electron chi connectivity index (χ0n) is 16.9. The van der Waals surface area contributed by atoms with Crippen molar-refractivity contribution in [3.05, 3.63) is 111 Å². The molecule has 1 amide bonds. The van der Waals surface area contributed by atoms with E-state index in [1.807, 2.05) is 0 Å². The van der Waals surface area contributed by atoms with E-state index in [1.54, 1.807) is 31.2 Å². The zero-order chi connectivity index (χ0) is 23.0. The number of hydrogen-bond acceptors (Lipinski definition) is 5. The molecule has 0 saturated carbocycles. The van der Waals surface area contributed by atoms with Crippen LogP contribution >= 0.6 is 0 Å². The number of carbonyl (C=O) groups excluding carboxylic acids is 2. The molecule has 1 N–H and O–H groups in total. The van der Waals surface area contributed by atoms with Gasteiger partial charge in [0.05, 0.1) is 16.5 Å². The van der Waals surface area contributed by atoms with Crippen LogP contribution in [0.25, 0.3) is 5.76 Å². The number of benzene rings is 3. The van der Waals surface area contributed by atoms with E-state index in [2.05, 4.69) is 0 Å². The number of ketones is 1. The minimum Gasteiger partial charge on any atom is -0.507 e. The number of nitro groups is 1. The average Bonchev–Trinajstić information content (AvgIpc) is 3.05. The van der Waals surface area contributed by atoms with E-state index < -0.39 is 34.2 Å². The predicted molar refractivity (Wildman–Crippen MR) is 115 cm³/mol. The number of aliphatic hydroxyl groups excluding tert-OH is 1. The van der Waals surface area contributed by atoms with Gasteiger partial charge in [-0.15, -0.1) is 0 Å². The molecule has 3 aromatic carbocycles. The van der Waals surface area contributed by atoms with Crippen LogP contribution in [0.2, 0.25) is 0 Å².